The molecular weight excluding hydrogens is 182 g/mol. The summed E-state index contributed by atoms with van der Waals surface area (Å²) >= 11 is 0. The summed E-state index contributed by atoms with van der Waals surface area (Å²) < 4.78 is 0. The van der Waals surface area contributed by atoms with Gasteiger partial charge < -0.3 is 17.2 Å². The first-order valence-corrected chi connectivity index (χ1v) is 4.09. The van der Waals surface area contributed by atoms with Crippen LogP contribution in [0.4, 0.5) is 4.79 Å². The van der Waals surface area contributed by atoms with E-state index >= 15 is 0 Å². The molecule has 6 heteroatoms. The third-order valence-corrected chi connectivity index (χ3v) is 0.858. The lowest BCUT2D eigenvalue weighted by Crippen LogP contribution is -2.18. The van der Waals surface area contributed by atoms with E-state index in [0.717, 1.165) is 6.54 Å². The number of amides is 2. The van der Waals surface area contributed by atoms with Crippen molar-refractivity contribution in [2.45, 2.75) is 26.2 Å². The lowest BCUT2D eigenvalue weighted by atomic mass is 10.3. The highest BCUT2D eigenvalue weighted by molar-refractivity contribution is 5.69. The third kappa shape index (κ3) is 177. The van der Waals surface area contributed by atoms with Crippen molar-refractivity contribution < 1.29 is 4.79 Å². The molecule has 0 aromatic carbocycles. The Hall–Kier alpha value is -1.79. The molecule has 0 fully saturated rings. The SMILES string of the molecule is CCCCCN.N#CC#N.NC(N)=O. The smallest absolute Gasteiger partial charge is 0.309 e. The monoisotopic (exact) mass is 199 g/mol. The molecule has 80 valence electrons. The number of hydrogen-bond acceptors (Lipinski definition) is 4. The number of urea groups is 1. The van der Waals surface area contributed by atoms with Crippen molar-refractivity contribution in [2.75, 3.05) is 6.54 Å². The number of carbonyl (C=O) groups is 1. The number of hydrogen-bond donors (Lipinski definition) is 3. The Balaban J connectivity index is -0.000000135. The number of rotatable bonds is 3. The van der Waals surface area contributed by atoms with Crippen LogP contribution >= 0.6 is 0 Å². The number of carbonyl (C=O) groups excluding carboxylic acids is 1. The molecule has 6 N–H and O–H groups in total. The van der Waals surface area contributed by atoms with E-state index in [1.807, 2.05) is 0 Å². The van der Waals surface area contributed by atoms with Crippen molar-refractivity contribution in [2.24, 2.45) is 17.2 Å². The Labute approximate surface area is 84.3 Å². The highest BCUT2D eigenvalue weighted by Gasteiger charge is 1.75. The molecule has 0 unspecified atom stereocenters. The summed E-state index contributed by atoms with van der Waals surface area (Å²) in [6.45, 7) is 3.03. The molecule has 0 atom stereocenters. The van der Waals surface area contributed by atoms with Crippen LogP contribution in [0.2, 0.25) is 0 Å². The molecule has 6 nitrogen and oxygen atoms in total. The second-order valence-corrected chi connectivity index (χ2v) is 2.12. The topological polar surface area (TPSA) is 143 Å². The predicted molar refractivity (Wildman–Crippen MR) is 53.6 cm³/mol. The summed E-state index contributed by atoms with van der Waals surface area (Å²) in [5, 5.41) is 14.5. The molecule has 0 rings (SSSR count). The van der Waals surface area contributed by atoms with Crippen LogP contribution < -0.4 is 17.2 Å². The summed E-state index contributed by atoms with van der Waals surface area (Å²) in [5.74, 6) is 0. The third-order valence-electron chi connectivity index (χ3n) is 0.858. The van der Waals surface area contributed by atoms with Crippen molar-refractivity contribution in [1.82, 2.24) is 0 Å². The van der Waals surface area contributed by atoms with Gasteiger partial charge in [-0.15, -0.1) is 0 Å². The van der Waals surface area contributed by atoms with Gasteiger partial charge in [-0.25, -0.2) is 4.79 Å². The Morgan fingerprint density at radius 2 is 1.57 bits per heavy atom. The molecule has 0 aromatic rings. The second kappa shape index (κ2) is 22.5. The molecule has 0 heterocycles. The maximum Gasteiger partial charge on any atom is 0.309 e. The van der Waals surface area contributed by atoms with Crippen LogP contribution in [-0.2, 0) is 0 Å². The van der Waals surface area contributed by atoms with E-state index in [1.54, 1.807) is 0 Å². The van der Waals surface area contributed by atoms with Gasteiger partial charge in [0.05, 0.1) is 0 Å². The molecule has 0 saturated heterocycles. The zero-order valence-corrected chi connectivity index (χ0v) is 8.36. The van der Waals surface area contributed by atoms with Gasteiger partial charge in [0, 0.05) is 0 Å². The van der Waals surface area contributed by atoms with Crippen molar-refractivity contribution in [1.29, 1.82) is 10.5 Å². The molecule has 14 heavy (non-hydrogen) atoms. The lowest BCUT2D eigenvalue weighted by molar-refractivity contribution is 0.256. The van der Waals surface area contributed by atoms with Gasteiger partial charge >= 0.3 is 6.03 Å². The quantitative estimate of drug-likeness (QED) is 0.557. The molecule has 0 aliphatic carbocycles. The summed E-state index contributed by atoms with van der Waals surface area (Å²) in [6.07, 6.45) is 3.75. The van der Waals surface area contributed by atoms with Crippen LogP contribution in [0, 0.1) is 22.7 Å². The van der Waals surface area contributed by atoms with Gasteiger partial charge in [-0.2, -0.15) is 10.5 Å². The normalized spacial score (nSPS) is 6.29. The average molecular weight is 199 g/mol. The van der Waals surface area contributed by atoms with Crippen LogP contribution in [0.15, 0.2) is 0 Å². The Bertz CT molecular complexity index is 171. The molecule has 0 radical (unpaired) electrons. The predicted octanol–water partition coefficient (Wildman–Crippen LogP) is 0.193. The maximum absolute atomic E-state index is 9.00. The van der Waals surface area contributed by atoms with Crippen LogP contribution in [-0.4, -0.2) is 12.6 Å². The standard InChI is InChI=1S/C5H13N.C2N2.CH4N2O/c1-2-3-4-5-6;3-1-2-4;2-1(3)4/h2-6H2,1H3;;(H4,2,3,4). The molecule has 0 saturated carbocycles. The van der Waals surface area contributed by atoms with Crippen LogP contribution in [0.1, 0.15) is 26.2 Å². The minimum absolute atomic E-state index is 0.833. The van der Waals surface area contributed by atoms with Gasteiger partial charge in [0.2, 0.25) is 0 Å². The van der Waals surface area contributed by atoms with E-state index in [-0.39, 0.29) is 0 Å². The first-order chi connectivity index (χ1) is 6.56. The van der Waals surface area contributed by atoms with Crippen molar-refractivity contribution in [3.05, 3.63) is 0 Å². The highest BCUT2D eigenvalue weighted by atomic mass is 16.2. The summed E-state index contributed by atoms with van der Waals surface area (Å²) in [6, 6.07) is 1.64. The van der Waals surface area contributed by atoms with Gasteiger partial charge in [0.15, 0.2) is 12.1 Å². The number of nitrogens with two attached hydrogens (primary N) is 3. The summed E-state index contributed by atoms with van der Waals surface area (Å²) in [5.41, 5.74) is 13.7. The number of nitriles is 2. The summed E-state index contributed by atoms with van der Waals surface area (Å²) in [7, 11) is 0. The van der Waals surface area contributed by atoms with Gasteiger partial charge in [-0.1, -0.05) is 19.8 Å². The molecule has 0 aliphatic heterocycles. The minimum Gasteiger partial charge on any atom is -0.352 e. The van der Waals surface area contributed by atoms with E-state index in [0.29, 0.717) is 0 Å². The zero-order chi connectivity index (χ0) is 11.8. The molecule has 0 bridgehead atoms. The van der Waals surface area contributed by atoms with E-state index in [1.165, 1.54) is 31.4 Å². The fourth-order valence-electron chi connectivity index (χ4n) is 0.394. The highest BCUT2D eigenvalue weighted by Crippen LogP contribution is 1.88. The lowest BCUT2D eigenvalue weighted by Gasteiger charge is -1.86. The van der Waals surface area contributed by atoms with Crippen molar-refractivity contribution in [3.8, 4) is 12.1 Å². The largest absolute Gasteiger partial charge is 0.352 e. The zero-order valence-electron chi connectivity index (χ0n) is 8.36. The maximum atomic E-state index is 9.00. The average Bonchev–Trinajstić information content (AvgIpc) is 2.14. The van der Waals surface area contributed by atoms with Gasteiger partial charge in [0.25, 0.3) is 0 Å². The van der Waals surface area contributed by atoms with Crippen molar-refractivity contribution >= 4 is 6.03 Å². The van der Waals surface area contributed by atoms with E-state index in [2.05, 4.69) is 18.4 Å². The Kier molecular flexibility index (Phi) is 29.0. The first kappa shape index (κ1) is 18.1. The molecule has 0 spiro atoms. The fourth-order valence-corrected chi connectivity index (χ4v) is 0.394. The number of nitrogens with zero attached hydrogens (tertiary/aromatic N) is 2. The number of primary amides is 2. The van der Waals surface area contributed by atoms with E-state index in [4.69, 9.17) is 21.1 Å². The minimum atomic E-state index is -0.833. The second-order valence-electron chi connectivity index (χ2n) is 2.12. The van der Waals surface area contributed by atoms with Crippen LogP contribution in [0.5, 0.6) is 0 Å². The molecular formula is C8H17N5O. The van der Waals surface area contributed by atoms with Gasteiger partial charge in [0.1, 0.15) is 0 Å². The van der Waals surface area contributed by atoms with Crippen LogP contribution in [0.3, 0.4) is 0 Å². The fraction of sp³-hybridized carbons (Fsp3) is 0.625. The van der Waals surface area contributed by atoms with Gasteiger partial charge in [-0.05, 0) is 13.0 Å². The van der Waals surface area contributed by atoms with E-state index in [9.17, 15) is 0 Å². The Morgan fingerprint density at radius 1 is 1.21 bits per heavy atom. The molecule has 0 aromatic heterocycles. The summed E-state index contributed by atoms with van der Waals surface area (Å²) in [4.78, 5) is 9.00. The van der Waals surface area contributed by atoms with Gasteiger partial charge in [-0.3, -0.25) is 0 Å². The number of unbranched alkanes of at least 4 members (excludes halogenated alkanes) is 2. The van der Waals surface area contributed by atoms with E-state index < -0.39 is 6.03 Å². The van der Waals surface area contributed by atoms with Crippen molar-refractivity contribution in [3.63, 3.8) is 0 Å². The Morgan fingerprint density at radius 3 is 1.64 bits per heavy atom. The van der Waals surface area contributed by atoms with Crippen LogP contribution in [0.25, 0.3) is 0 Å². The molecule has 0 aliphatic rings. The first-order valence-electron chi connectivity index (χ1n) is 4.09. The molecule has 2 amide bonds.